The van der Waals surface area contributed by atoms with E-state index in [1.807, 2.05) is 0 Å². The van der Waals surface area contributed by atoms with Gasteiger partial charge in [0.2, 0.25) is 0 Å². The third-order valence-electron chi connectivity index (χ3n) is 3.09. The fourth-order valence-corrected chi connectivity index (χ4v) is 2.61. The molecule has 0 saturated heterocycles. The molecule has 0 amide bonds. The summed E-state index contributed by atoms with van der Waals surface area (Å²) in [4.78, 5) is 12.5. The zero-order valence-corrected chi connectivity index (χ0v) is 12.5. The number of alkyl halides is 3. The molecule has 110 valence electrons. The summed E-state index contributed by atoms with van der Waals surface area (Å²) in [5, 5.41) is 0. The Morgan fingerprint density at radius 2 is 1.57 bits per heavy atom. The monoisotopic (exact) mass is 356 g/mol. The Bertz CT molecular complexity index is 623. The maximum absolute atomic E-state index is 12.8. The smallest absolute Gasteiger partial charge is 0.293 e. The van der Waals surface area contributed by atoms with Gasteiger partial charge in [-0.3, -0.25) is 4.79 Å². The van der Waals surface area contributed by atoms with Gasteiger partial charge in [-0.05, 0) is 11.6 Å². The first-order chi connectivity index (χ1) is 9.88. The Labute approximate surface area is 128 Å². The zero-order chi connectivity index (χ0) is 15.5. The summed E-state index contributed by atoms with van der Waals surface area (Å²) in [5.41, 5.74) is 0.631. The Morgan fingerprint density at radius 1 is 1.00 bits per heavy atom. The maximum Gasteiger partial charge on any atom is 0.390 e. The summed E-state index contributed by atoms with van der Waals surface area (Å²) in [7, 11) is 0. The van der Waals surface area contributed by atoms with Crippen molar-refractivity contribution in [2.45, 2.75) is 18.5 Å². The van der Waals surface area contributed by atoms with Gasteiger partial charge in [-0.2, -0.15) is 13.2 Å². The molecule has 0 unspecified atom stereocenters. The molecule has 0 radical (unpaired) electrons. The van der Waals surface area contributed by atoms with Crippen molar-refractivity contribution in [1.29, 1.82) is 0 Å². The van der Waals surface area contributed by atoms with Crippen molar-refractivity contribution in [2.75, 3.05) is 0 Å². The van der Waals surface area contributed by atoms with Crippen molar-refractivity contribution in [3.8, 4) is 0 Å². The van der Waals surface area contributed by atoms with Crippen LogP contribution >= 0.6 is 15.9 Å². The normalized spacial score (nSPS) is 13.0. The highest BCUT2D eigenvalue weighted by Gasteiger charge is 2.36. The molecule has 1 atom stereocenters. The van der Waals surface area contributed by atoms with Gasteiger partial charge in [-0.1, -0.05) is 64.5 Å². The van der Waals surface area contributed by atoms with Crippen molar-refractivity contribution < 1.29 is 18.0 Å². The summed E-state index contributed by atoms with van der Waals surface area (Å²) in [6.07, 6.45) is -5.57. The first-order valence-electron chi connectivity index (χ1n) is 6.29. The van der Waals surface area contributed by atoms with E-state index >= 15 is 0 Å². The van der Waals surface area contributed by atoms with E-state index in [4.69, 9.17) is 0 Å². The number of Topliss-reactive ketones (excluding diaryl/α,β-unsaturated/α-hetero) is 1. The predicted molar refractivity (Wildman–Crippen MR) is 78.3 cm³/mol. The standard InChI is InChI=1S/C16H12BrF3O/c17-14-9-5-4-8-12(14)15(21)13(10-16(18,19)20)11-6-2-1-3-7-11/h1-9,13H,10H2/t13-/m1/s1. The molecule has 2 rings (SSSR count). The van der Waals surface area contributed by atoms with Crippen LogP contribution in [0.5, 0.6) is 0 Å². The van der Waals surface area contributed by atoms with E-state index in [1.165, 1.54) is 6.07 Å². The Morgan fingerprint density at radius 3 is 2.14 bits per heavy atom. The number of rotatable bonds is 4. The Kier molecular flexibility index (Phi) is 4.83. The molecule has 0 aromatic heterocycles. The average molecular weight is 357 g/mol. The predicted octanol–water partition coefficient (Wildman–Crippen LogP) is 5.37. The first-order valence-corrected chi connectivity index (χ1v) is 7.08. The van der Waals surface area contributed by atoms with E-state index in [0.717, 1.165) is 0 Å². The van der Waals surface area contributed by atoms with E-state index < -0.39 is 24.3 Å². The number of halogens is 4. The second-order valence-electron chi connectivity index (χ2n) is 4.63. The van der Waals surface area contributed by atoms with Gasteiger partial charge < -0.3 is 0 Å². The van der Waals surface area contributed by atoms with Gasteiger partial charge in [0, 0.05) is 10.0 Å². The number of benzene rings is 2. The minimum Gasteiger partial charge on any atom is -0.293 e. The minimum atomic E-state index is -4.41. The zero-order valence-electron chi connectivity index (χ0n) is 10.9. The lowest BCUT2D eigenvalue weighted by Crippen LogP contribution is -2.21. The van der Waals surface area contributed by atoms with E-state index in [2.05, 4.69) is 15.9 Å². The van der Waals surface area contributed by atoms with Crippen molar-refractivity contribution in [3.63, 3.8) is 0 Å². The van der Waals surface area contributed by atoms with Crippen LogP contribution in [0.3, 0.4) is 0 Å². The molecule has 21 heavy (non-hydrogen) atoms. The van der Waals surface area contributed by atoms with Crippen molar-refractivity contribution >= 4 is 21.7 Å². The molecule has 0 saturated carbocycles. The maximum atomic E-state index is 12.8. The van der Waals surface area contributed by atoms with Crippen molar-refractivity contribution in [3.05, 3.63) is 70.2 Å². The average Bonchev–Trinajstić information content (AvgIpc) is 2.45. The van der Waals surface area contributed by atoms with Crippen LogP contribution in [-0.2, 0) is 0 Å². The van der Waals surface area contributed by atoms with Crippen LogP contribution in [0.15, 0.2) is 59.1 Å². The lowest BCUT2D eigenvalue weighted by molar-refractivity contribution is -0.136. The van der Waals surface area contributed by atoms with Crippen LogP contribution in [-0.4, -0.2) is 12.0 Å². The molecule has 2 aromatic rings. The molecule has 0 aliphatic heterocycles. The van der Waals surface area contributed by atoms with E-state index in [9.17, 15) is 18.0 Å². The second kappa shape index (κ2) is 6.43. The quantitative estimate of drug-likeness (QED) is 0.673. The molecule has 0 bridgehead atoms. The fraction of sp³-hybridized carbons (Fsp3) is 0.188. The third kappa shape index (κ3) is 4.17. The summed E-state index contributed by atoms with van der Waals surface area (Å²) in [6.45, 7) is 0. The third-order valence-corrected chi connectivity index (χ3v) is 3.78. The van der Waals surface area contributed by atoms with Crippen LogP contribution in [0.2, 0.25) is 0 Å². The second-order valence-corrected chi connectivity index (χ2v) is 5.48. The lowest BCUT2D eigenvalue weighted by Gasteiger charge is -2.18. The summed E-state index contributed by atoms with van der Waals surface area (Å²) in [5.74, 6) is -1.77. The van der Waals surface area contributed by atoms with Crippen LogP contribution < -0.4 is 0 Å². The van der Waals surface area contributed by atoms with Crippen molar-refractivity contribution in [1.82, 2.24) is 0 Å². The van der Waals surface area contributed by atoms with E-state index in [-0.39, 0.29) is 5.56 Å². The molecule has 2 aromatic carbocycles. The van der Waals surface area contributed by atoms with E-state index in [1.54, 1.807) is 48.5 Å². The number of carbonyl (C=O) groups excluding carboxylic acids is 1. The fourth-order valence-electron chi connectivity index (χ4n) is 2.13. The van der Waals surface area contributed by atoms with Gasteiger partial charge in [0.15, 0.2) is 5.78 Å². The highest BCUT2D eigenvalue weighted by molar-refractivity contribution is 9.10. The Balaban J connectivity index is 2.41. The Hall–Kier alpha value is -1.62. The van der Waals surface area contributed by atoms with E-state index in [0.29, 0.717) is 10.0 Å². The van der Waals surface area contributed by atoms with Crippen LogP contribution in [0.1, 0.15) is 28.3 Å². The largest absolute Gasteiger partial charge is 0.390 e. The van der Waals surface area contributed by atoms with Gasteiger partial charge in [0.25, 0.3) is 0 Å². The van der Waals surface area contributed by atoms with Crippen LogP contribution in [0.4, 0.5) is 13.2 Å². The van der Waals surface area contributed by atoms with Gasteiger partial charge >= 0.3 is 6.18 Å². The summed E-state index contributed by atoms with van der Waals surface area (Å²) >= 11 is 3.22. The highest BCUT2D eigenvalue weighted by Crippen LogP contribution is 2.34. The molecule has 0 spiro atoms. The molecule has 0 N–H and O–H groups in total. The molecular weight excluding hydrogens is 345 g/mol. The molecular formula is C16H12BrF3O. The molecule has 0 aliphatic rings. The molecule has 0 fully saturated rings. The number of hydrogen-bond donors (Lipinski definition) is 0. The highest BCUT2D eigenvalue weighted by atomic mass is 79.9. The van der Waals surface area contributed by atoms with Crippen LogP contribution in [0, 0.1) is 0 Å². The first kappa shape index (κ1) is 15.8. The SMILES string of the molecule is O=C(c1ccccc1Br)[C@H](CC(F)(F)F)c1ccccc1. The topological polar surface area (TPSA) is 17.1 Å². The van der Waals surface area contributed by atoms with Gasteiger partial charge in [-0.25, -0.2) is 0 Å². The van der Waals surface area contributed by atoms with Gasteiger partial charge in [0.1, 0.15) is 0 Å². The number of hydrogen-bond acceptors (Lipinski definition) is 1. The summed E-state index contributed by atoms with van der Waals surface area (Å²) in [6, 6.07) is 14.6. The minimum absolute atomic E-state index is 0.260. The number of ketones is 1. The molecule has 0 aliphatic carbocycles. The van der Waals surface area contributed by atoms with Gasteiger partial charge in [0.05, 0.1) is 12.3 Å². The van der Waals surface area contributed by atoms with Gasteiger partial charge in [-0.15, -0.1) is 0 Å². The molecule has 5 heteroatoms. The summed E-state index contributed by atoms with van der Waals surface area (Å²) < 4.78 is 38.9. The lowest BCUT2D eigenvalue weighted by atomic mass is 9.88. The van der Waals surface area contributed by atoms with Crippen LogP contribution in [0.25, 0.3) is 0 Å². The molecule has 1 nitrogen and oxygen atoms in total. The van der Waals surface area contributed by atoms with Crippen molar-refractivity contribution in [2.24, 2.45) is 0 Å². The number of carbonyl (C=O) groups is 1. The molecule has 0 heterocycles.